The molecule has 0 saturated carbocycles. The van der Waals surface area contributed by atoms with Crippen LogP contribution in [0.4, 0.5) is 11.4 Å². The van der Waals surface area contributed by atoms with Crippen molar-refractivity contribution in [3.63, 3.8) is 0 Å². The smallest absolute Gasteiger partial charge is 0.266 e. The Morgan fingerprint density at radius 3 is 2.13 bits per heavy atom. The van der Waals surface area contributed by atoms with Crippen molar-refractivity contribution in [3.8, 4) is 28.7 Å². The lowest BCUT2D eigenvalue weighted by atomic mass is 10.1. The zero-order chi connectivity index (χ0) is 26.9. The van der Waals surface area contributed by atoms with Gasteiger partial charge in [0.15, 0.2) is 0 Å². The summed E-state index contributed by atoms with van der Waals surface area (Å²) in [5, 5.41) is 11.0. The number of benzene rings is 4. The Bertz CT molecular complexity index is 1730. The normalized spacial score (nSPS) is 12.4. The fourth-order valence-corrected chi connectivity index (χ4v) is 4.35. The van der Waals surface area contributed by atoms with Crippen molar-refractivity contribution in [2.24, 2.45) is 0 Å². The monoisotopic (exact) mass is 516 g/mol. The van der Waals surface area contributed by atoms with Gasteiger partial charge in [-0.15, -0.1) is 10.2 Å². The zero-order valence-electron chi connectivity index (χ0n) is 20.6. The highest BCUT2D eigenvalue weighted by Crippen LogP contribution is 2.35. The van der Waals surface area contributed by atoms with Gasteiger partial charge in [-0.1, -0.05) is 30.3 Å². The summed E-state index contributed by atoms with van der Waals surface area (Å²) < 4.78 is 11.1. The van der Waals surface area contributed by atoms with Crippen LogP contribution in [0.5, 0.6) is 5.75 Å². The van der Waals surface area contributed by atoms with Crippen molar-refractivity contribution in [2.75, 3.05) is 17.3 Å². The zero-order valence-corrected chi connectivity index (χ0v) is 20.6. The van der Waals surface area contributed by atoms with E-state index in [0.717, 1.165) is 10.5 Å². The first kappa shape index (κ1) is 23.8. The predicted octanol–water partition coefficient (Wildman–Crippen LogP) is 5.47. The van der Waals surface area contributed by atoms with Gasteiger partial charge in [0.1, 0.15) is 5.75 Å². The molecule has 1 aliphatic heterocycles. The predicted molar refractivity (Wildman–Crippen MR) is 144 cm³/mol. The number of rotatable bonds is 6. The lowest BCUT2D eigenvalue weighted by Crippen LogP contribution is -2.29. The number of para-hydroxylation sites is 2. The van der Waals surface area contributed by atoms with Crippen LogP contribution >= 0.6 is 0 Å². The first-order chi connectivity index (χ1) is 19.0. The molecule has 2 heterocycles. The van der Waals surface area contributed by atoms with Crippen LogP contribution in [-0.2, 0) is 0 Å². The number of hydrogen-bond acceptors (Lipinski definition) is 7. The molecule has 0 bridgehead atoms. The second kappa shape index (κ2) is 9.71. The SMILES string of the molecule is COc1ccccc1N1C(=O)c2ccc(C(=O)Nc3ccc(-c4nnc(-c5ccccc5)o4)cc3)cc2C1=O. The van der Waals surface area contributed by atoms with Crippen LogP contribution in [0.3, 0.4) is 0 Å². The summed E-state index contributed by atoms with van der Waals surface area (Å²) in [5.74, 6) is -0.257. The molecule has 0 unspecified atom stereocenters. The minimum atomic E-state index is -0.520. The van der Waals surface area contributed by atoms with Gasteiger partial charge < -0.3 is 14.5 Å². The summed E-state index contributed by atoms with van der Waals surface area (Å²) in [5.41, 5.74) is 3.01. The lowest BCUT2D eigenvalue weighted by molar-refractivity contribution is 0.0924. The molecule has 5 aromatic rings. The minimum Gasteiger partial charge on any atom is -0.495 e. The van der Waals surface area contributed by atoms with Crippen molar-refractivity contribution in [1.29, 1.82) is 0 Å². The van der Waals surface area contributed by atoms with E-state index in [1.54, 1.807) is 48.5 Å². The molecule has 1 N–H and O–H groups in total. The van der Waals surface area contributed by atoms with Crippen LogP contribution in [0.2, 0.25) is 0 Å². The quantitative estimate of drug-likeness (QED) is 0.298. The molecule has 0 radical (unpaired) electrons. The van der Waals surface area contributed by atoms with Gasteiger partial charge in [-0.05, 0) is 66.7 Å². The van der Waals surface area contributed by atoms with E-state index in [4.69, 9.17) is 9.15 Å². The lowest BCUT2D eigenvalue weighted by Gasteiger charge is -2.16. The number of anilines is 2. The van der Waals surface area contributed by atoms with Crippen LogP contribution in [0.1, 0.15) is 31.1 Å². The Labute approximate surface area is 222 Å². The van der Waals surface area contributed by atoms with E-state index in [0.29, 0.717) is 34.5 Å². The number of imide groups is 1. The summed E-state index contributed by atoms with van der Waals surface area (Å²) in [4.78, 5) is 40.2. The van der Waals surface area contributed by atoms with Gasteiger partial charge in [-0.2, -0.15) is 0 Å². The molecule has 6 rings (SSSR count). The van der Waals surface area contributed by atoms with Gasteiger partial charge in [0, 0.05) is 22.4 Å². The average molecular weight is 517 g/mol. The fraction of sp³-hybridized carbons (Fsp3) is 0.0333. The first-order valence-electron chi connectivity index (χ1n) is 12.0. The topological polar surface area (TPSA) is 115 Å². The van der Waals surface area contributed by atoms with Crippen LogP contribution in [0, 0.1) is 0 Å². The number of carbonyl (C=O) groups is 3. The maximum Gasteiger partial charge on any atom is 0.266 e. The number of methoxy groups -OCH3 is 1. The van der Waals surface area contributed by atoms with Crippen molar-refractivity contribution >= 4 is 29.1 Å². The molecule has 1 aromatic heterocycles. The molecule has 0 spiro atoms. The number of aromatic nitrogens is 2. The Morgan fingerprint density at radius 2 is 1.41 bits per heavy atom. The Balaban J connectivity index is 1.19. The van der Waals surface area contributed by atoms with E-state index in [2.05, 4.69) is 15.5 Å². The molecular weight excluding hydrogens is 496 g/mol. The minimum absolute atomic E-state index is 0.152. The van der Waals surface area contributed by atoms with Crippen molar-refractivity contribution in [1.82, 2.24) is 10.2 Å². The van der Waals surface area contributed by atoms with Crippen molar-refractivity contribution in [2.45, 2.75) is 0 Å². The fourth-order valence-electron chi connectivity index (χ4n) is 4.35. The van der Waals surface area contributed by atoms with Gasteiger partial charge in [0.05, 0.1) is 23.9 Å². The van der Waals surface area contributed by atoms with Crippen molar-refractivity contribution in [3.05, 3.63) is 114 Å². The third kappa shape index (κ3) is 4.31. The number of carbonyl (C=O) groups excluding carboxylic acids is 3. The van der Waals surface area contributed by atoms with Gasteiger partial charge in [-0.3, -0.25) is 14.4 Å². The molecule has 9 heteroatoms. The molecule has 3 amide bonds. The molecule has 39 heavy (non-hydrogen) atoms. The number of nitrogens with zero attached hydrogens (tertiary/aromatic N) is 3. The molecule has 9 nitrogen and oxygen atoms in total. The Morgan fingerprint density at radius 1 is 0.769 bits per heavy atom. The number of amides is 3. The molecular formula is C30H20N4O5. The van der Waals surface area contributed by atoms with E-state index in [1.165, 1.54) is 25.3 Å². The van der Waals surface area contributed by atoms with E-state index in [-0.39, 0.29) is 16.7 Å². The molecule has 4 aromatic carbocycles. The third-order valence-electron chi connectivity index (χ3n) is 6.31. The van der Waals surface area contributed by atoms with Gasteiger partial charge in [0.2, 0.25) is 11.8 Å². The highest BCUT2D eigenvalue weighted by molar-refractivity contribution is 6.35. The standard InChI is InChI=1S/C30H20N4O5/c1-38-25-10-6-5-9-24(25)34-29(36)22-16-13-20(17-23(22)30(34)37)26(35)31-21-14-11-19(12-15-21)28-33-32-27(39-28)18-7-3-2-4-8-18/h2-17H,1H3,(H,31,35). The van der Waals surface area contributed by atoms with Gasteiger partial charge in [-0.25, -0.2) is 4.90 Å². The maximum atomic E-state index is 13.2. The van der Waals surface area contributed by atoms with Crippen LogP contribution in [-0.4, -0.2) is 35.0 Å². The largest absolute Gasteiger partial charge is 0.495 e. The highest BCUT2D eigenvalue weighted by atomic mass is 16.5. The second-order valence-corrected chi connectivity index (χ2v) is 8.69. The molecule has 0 fully saturated rings. The van der Waals surface area contributed by atoms with E-state index < -0.39 is 17.7 Å². The Kier molecular flexibility index (Phi) is 5.93. The van der Waals surface area contributed by atoms with Crippen molar-refractivity contribution < 1.29 is 23.5 Å². The van der Waals surface area contributed by atoms with E-state index in [9.17, 15) is 14.4 Å². The van der Waals surface area contributed by atoms with Gasteiger partial charge in [0.25, 0.3) is 17.7 Å². The number of fused-ring (bicyclic) bond motifs is 1. The third-order valence-corrected chi connectivity index (χ3v) is 6.31. The summed E-state index contributed by atoms with van der Waals surface area (Å²) >= 11 is 0. The average Bonchev–Trinajstić information content (AvgIpc) is 3.57. The summed E-state index contributed by atoms with van der Waals surface area (Å²) in [6, 6.07) is 27.6. The number of ether oxygens (including phenoxy) is 1. The maximum absolute atomic E-state index is 13.2. The molecule has 0 saturated heterocycles. The second-order valence-electron chi connectivity index (χ2n) is 8.69. The molecule has 1 aliphatic rings. The van der Waals surface area contributed by atoms with Crippen LogP contribution < -0.4 is 15.0 Å². The Hall–Kier alpha value is -5.57. The summed E-state index contributed by atoms with van der Waals surface area (Å²) in [7, 11) is 1.47. The highest BCUT2D eigenvalue weighted by Gasteiger charge is 2.38. The van der Waals surface area contributed by atoms with Gasteiger partial charge >= 0.3 is 0 Å². The number of hydrogen-bond donors (Lipinski definition) is 1. The molecule has 190 valence electrons. The van der Waals surface area contributed by atoms with Crippen LogP contribution in [0.15, 0.2) is 101 Å². The van der Waals surface area contributed by atoms with E-state index >= 15 is 0 Å². The molecule has 0 aliphatic carbocycles. The van der Waals surface area contributed by atoms with Crippen LogP contribution in [0.25, 0.3) is 22.9 Å². The number of nitrogens with one attached hydrogen (secondary N) is 1. The molecule has 0 atom stereocenters. The van der Waals surface area contributed by atoms with E-state index in [1.807, 2.05) is 30.3 Å². The first-order valence-corrected chi connectivity index (χ1v) is 12.0. The summed E-state index contributed by atoms with van der Waals surface area (Å²) in [6.45, 7) is 0. The summed E-state index contributed by atoms with van der Waals surface area (Å²) in [6.07, 6.45) is 0.